The highest BCUT2D eigenvalue weighted by Gasteiger charge is 2.36. The molecule has 1 aromatic rings. The zero-order valence-electron chi connectivity index (χ0n) is 6.60. The first-order chi connectivity index (χ1) is 5.93. The maximum Gasteiger partial charge on any atom is 0.413 e. The van der Waals surface area contributed by atoms with Crippen molar-refractivity contribution < 1.29 is 13.2 Å². The second kappa shape index (κ2) is 3.21. The van der Waals surface area contributed by atoms with Gasteiger partial charge in [0.25, 0.3) is 0 Å². The van der Waals surface area contributed by atoms with Gasteiger partial charge in [0.1, 0.15) is 0 Å². The number of hydrogen-bond donors (Lipinski definition) is 2. The van der Waals surface area contributed by atoms with Gasteiger partial charge in [0.2, 0.25) is 0 Å². The van der Waals surface area contributed by atoms with Crippen LogP contribution in [0.4, 0.5) is 13.2 Å². The number of halogens is 3. The average Bonchev–Trinajstić information content (AvgIpc) is 2.51. The van der Waals surface area contributed by atoms with Crippen LogP contribution in [0.3, 0.4) is 0 Å². The van der Waals surface area contributed by atoms with E-state index in [1.165, 1.54) is 12.4 Å². The van der Waals surface area contributed by atoms with Gasteiger partial charge in [-0.25, -0.2) is 0 Å². The van der Waals surface area contributed by atoms with Crippen molar-refractivity contribution in [3.63, 3.8) is 0 Å². The van der Waals surface area contributed by atoms with Crippen LogP contribution in [0.2, 0.25) is 0 Å². The molecule has 0 fully saturated rings. The van der Waals surface area contributed by atoms with Crippen molar-refractivity contribution in [2.45, 2.75) is 12.2 Å². The van der Waals surface area contributed by atoms with E-state index >= 15 is 0 Å². The summed E-state index contributed by atoms with van der Waals surface area (Å²) in [5.74, 6) is 0. The number of nitrogens with one attached hydrogen (secondary N) is 1. The maximum atomic E-state index is 12.1. The lowest BCUT2D eigenvalue weighted by atomic mass is 10.0. The Labute approximate surface area is 72.4 Å². The maximum absolute atomic E-state index is 12.1. The third-order valence-electron chi connectivity index (χ3n) is 1.62. The Morgan fingerprint density at radius 3 is 2.62 bits per heavy atom. The molecule has 0 saturated carbocycles. The van der Waals surface area contributed by atoms with Gasteiger partial charge in [-0.05, 0) is 0 Å². The summed E-state index contributed by atoms with van der Waals surface area (Å²) in [5, 5.41) is 5.87. The van der Waals surface area contributed by atoms with Crippen molar-refractivity contribution in [3.05, 3.63) is 30.1 Å². The molecular weight excluding hydrogens is 183 g/mol. The Kier molecular flexibility index (Phi) is 2.42. The van der Waals surface area contributed by atoms with E-state index in [1.807, 2.05) is 0 Å². The molecule has 3 N–H and O–H groups in total. The number of hydrogen-bond acceptors (Lipinski definition) is 2. The van der Waals surface area contributed by atoms with Crippen LogP contribution in [0.25, 0.3) is 0 Å². The fourth-order valence-corrected chi connectivity index (χ4v) is 0.808. The Morgan fingerprint density at radius 2 is 2.23 bits per heavy atom. The molecule has 0 amide bonds. The largest absolute Gasteiger partial charge is 0.413 e. The van der Waals surface area contributed by atoms with Crippen LogP contribution in [0.5, 0.6) is 0 Å². The van der Waals surface area contributed by atoms with E-state index in [0.29, 0.717) is 0 Å². The minimum atomic E-state index is -4.46. The first kappa shape index (κ1) is 9.79. The van der Waals surface area contributed by atoms with Crippen molar-refractivity contribution in [2.75, 3.05) is 0 Å². The van der Waals surface area contributed by atoms with E-state index in [4.69, 9.17) is 5.73 Å². The molecule has 0 aliphatic rings. The summed E-state index contributed by atoms with van der Waals surface area (Å²) in [4.78, 5) is 0. The Bertz CT molecular complexity index is 288. The van der Waals surface area contributed by atoms with Gasteiger partial charge in [-0.1, -0.05) is 6.58 Å². The Balaban J connectivity index is 2.81. The van der Waals surface area contributed by atoms with Gasteiger partial charge >= 0.3 is 6.18 Å². The van der Waals surface area contributed by atoms with E-state index in [9.17, 15) is 13.2 Å². The lowest BCUT2D eigenvalue weighted by molar-refractivity contribution is -0.0952. The predicted octanol–water partition coefficient (Wildman–Crippen LogP) is 1.53. The van der Waals surface area contributed by atoms with Crippen LogP contribution in [0.15, 0.2) is 24.5 Å². The minimum Gasteiger partial charge on any atom is -0.320 e. The van der Waals surface area contributed by atoms with Gasteiger partial charge < -0.3 is 5.73 Å². The zero-order valence-corrected chi connectivity index (χ0v) is 6.60. The summed E-state index contributed by atoms with van der Waals surface area (Å²) >= 11 is 0. The summed E-state index contributed by atoms with van der Waals surface area (Å²) in [7, 11) is 0. The summed E-state index contributed by atoms with van der Waals surface area (Å²) in [6.07, 6.45) is -1.92. The topological polar surface area (TPSA) is 54.7 Å². The summed E-state index contributed by atoms with van der Waals surface area (Å²) < 4.78 is 36.2. The number of aromatic amines is 1. The fraction of sp³-hybridized carbons (Fsp3) is 0.286. The second-order valence-corrected chi connectivity index (χ2v) is 2.53. The van der Waals surface area contributed by atoms with Gasteiger partial charge in [-0.15, -0.1) is 0 Å². The Hall–Kier alpha value is -1.30. The number of alkyl halides is 3. The number of nitrogens with two attached hydrogens (primary N) is 1. The standard InChI is InChI=1S/C7H8F3N3/c1-4(7(8,9)10)6(11)5-2-12-13-3-5/h2-3,6H,1,11H2,(H,12,13). The van der Waals surface area contributed by atoms with E-state index in [-0.39, 0.29) is 5.56 Å². The minimum absolute atomic E-state index is 0.266. The molecule has 1 atom stereocenters. The first-order valence-corrected chi connectivity index (χ1v) is 3.43. The van der Waals surface area contributed by atoms with Crippen molar-refractivity contribution in [1.29, 1.82) is 0 Å². The second-order valence-electron chi connectivity index (χ2n) is 2.53. The van der Waals surface area contributed by atoms with Crippen LogP contribution >= 0.6 is 0 Å². The lowest BCUT2D eigenvalue weighted by Crippen LogP contribution is -2.23. The predicted molar refractivity (Wildman–Crippen MR) is 40.7 cm³/mol. The van der Waals surface area contributed by atoms with Gasteiger partial charge in [-0.2, -0.15) is 18.3 Å². The molecule has 1 unspecified atom stereocenters. The third kappa shape index (κ3) is 2.09. The molecule has 1 rings (SSSR count). The van der Waals surface area contributed by atoms with E-state index in [0.717, 1.165) is 0 Å². The van der Waals surface area contributed by atoms with Crippen molar-refractivity contribution in [2.24, 2.45) is 5.73 Å². The van der Waals surface area contributed by atoms with Gasteiger partial charge in [0, 0.05) is 17.3 Å². The van der Waals surface area contributed by atoms with Crippen LogP contribution in [-0.2, 0) is 0 Å². The molecule has 6 heteroatoms. The van der Waals surface area contributed by atoms with Crippen molar-refractivity contribution in [3.8, 4) is 0 Å². The van der Waals surface area contributed by atoms with Crippen LogP contribution in [0, 0.1) is 0 Å². The number of aromatic nitrogens is 2. The molecule has 0 aromatic carbocycles. The summed E-state index contributed by atoms with van der Waals surface area (Å²) in [6, 6.07) is -1.25. The fourth-order valence-electron chi connectivity index (χ4n) is 0.808. The molecule has 0 aliphatic carbocycles. The number of nitrogens with zero attached hydrogens (tertiary/aromatic N) is 1. The monoisotopic (exact) mass is 191 g/mol. The summed E-state index contributed by atoms with van der Waals surface area (Å²) in [5.41, 5.74) is 4.58. The molecule has 13 heavy (non-hydrogen) atoms. The normalized spacial score (nSPS) is 14.2. The average molecular weight is 191 g/mol. The van der Waals surface area contributed by atoms with Crippen molar-refractivity contribution in [1.82, 2.24) is 10.2 Å². The molecule has 72 valence electrons. The molecule has 0 spiro atoms. The highest BCUT2D eigenvalue weighted by Crippen LogP contribution is 2.32. The van der Waals surface area contributed by atoms with Gasteiger partial charge in [0.05, 0.1) is 12.2 Å². The molecule has 1 heterocycles. The van der Waals surface area contributed by atoms with Crippen molar-refractivity contribution >= 4 is 0 Å². The van der Waals surface area contributed by atoms with E-state index < -0.39 is 17.8 Å². The first-order valence-electron chi connectivity index (χ1n) is 3.43. The van der Waals surface area contributed by atoms with Crippen LogP contribution in [0.1, 0.15) is 11.6 Å². The highest BCUT2D eigenvalue weighted by atomic mass is 19.4. The Morgan fingerprint density at radius 1 is 1.62 bits per heavy atom. The SMILES string of the molecule is C=C(C(N)c1cn[nH]c1)C(F)(F)F. The zero-order chi connectivity index (χ0) is 10.1. The molecule has 0 saturated heterocycles. The molecule has 0 aliphatic heterocycles. The molecule has 1 aromatic heterocycles. The quantitative estimate of drug-likeness (QED) is 0.696. The summed E-state index contributed by atoms with van der Waals surface area (Å²) in [6.45, 7) is 2.89. The van der Waals surface area contributed by atoms with Gasteiger partial charge in [-0.3, -0.25) is 5.10 Å². The molecule has 0 bridgehead atoms. The molecular formula is C7H8F3N3. The number of rotatable bonds is 2. The lowest BCUT2D eigenvalue weighted by Gasteiger charge is -2.15. The van der Waals surface area contributed by atoms with Crippen LogP contribution in [-0.4, -0.2) is 16.4 Å². The molecule has 3 nitrogen and oxygen atoms in total. The molecule has 0 radical (unpaired) electrons. The number of H-pyrrole nitrogens is 1. The van der Waals surface area contributed by atoms with Crippen LogP contribution < -0.4 is 5.73 Å². The smallest absolute Gasteiger partial charge is 0.320 e. The van der Waals surface area contributed by atoms with E-state index in [1.54, 1.807) is 0 Å². The third-order valence-corrected chi connectivity index (χ3v) is 1.62. The van der Waals surface area contributed by atoms with E-state index in [2.05, 4.69) is 16.8 Å². The highest BCUT2D eigenvalue weighted by molar-refractivity contribution is 5.23. The van der Waals surface area contributed by atoms with Gasteiger partial charge in [0.15, 0.2) is 0 Å².